The Labute approximate surface area is 232 Å². The third kappa shape index (κ3) is 14.5. The summed E-state index contributed by atoms with van der Waals surface area (Å²) in [6, 6.07) is 10.4. The van der Waals surface area contributed by atoms with E-state index in [2.05, 4.69) is 44.4 Å². The number of piperazine rings is 1. The van der Waals surface area contributed by atoms with Crippen LogP contribution in [0.1, 0.15) is 18.2 Å². The summed E-state index contributed by atoms with van der Waals surface area (Å²) >= 11 is 1.32. The van der Waals surface area contributed by atoms with Gasteiger partial charge in [0.05, 0.1) is 25.3 Å². The van der Waals surface area contributed by atoms with Crippen molar-refractivity contribution >= 4 is 52.2 Å². The third-order valence-electron chi connectivity index (χ3n) is 4.88. The summed E-state index contributed by atoms with van der Waals surface area (Å²) in [6.45, 7) is 7.05. The van der Waals surface area contributed by atoms with Crippen LogP contribution >= 0.6 is 11.3 Å². The Balaban J connectivity index is 0.000000559. The van der Waals surface area contributed by atoms with Crippen molar-refractivity contribution in [1.29, 1.82) is 0 Å². The number of esters is 1. The van der Waals surface area contributed by atoms with Crippen molar-refractivity contribution in [3.63, 3.8) is 0 Å². The lowest BCUT2D eigenvalue weighted by atomic mass is 10.2. The fourth-order valence-corrected chi connectivity index (χ4v) is 3.84. The first-order valence-electron chi connectivity index (χ1n) is 11.7. The Morgan fingerprint density at radius 3 is 1.90 bits per heavy atom. The molecule has 15 nitrogen and oxygen atoms in total. The Bertz CT molecular complexity index is 1100. The zero-order valence-corrected chi connectivity index (χ0v) is 22.3. The highest BCUT2D eigenvalue weighted by atomic mass is 32.1. The van der Waals surface area contributed by atoms with Crippen LogP contribution in [0.2, 0.25) is 0 Å². The topological polar surface area (TPSA) is 224 Å². The first kappa shape index (κ1) is 33.6. The average molecular weight is 583 g/mol. The van der Waals surface area contributed by atoms with Gasteiger partial charge in [0.25, 0.3) is 0 Å². The standard InChI is InChI=1S/C20H26N4O3S.2C2H2O4/c1-2-27-19(26)12-17-15-28-20(21-17)22-18(25)14-24-10-8-23(9-11-24)13-16-6-4-3-5-7-16;2*3-1(4)2(5)6/h3-7,15H,2,8-14H2,1H3,(H,21,22,25);2*(H,3,4)(H,5,6). The van der Waals surface area contributed by atoms with Crippen LogP contribution < -0.4 is 5.32 Å². The Kier molecular flexibility index (Phi) is 15.1. The molecule has 5 N–H and O–H groups in total. The van der Waals surface area contributed by atoms with Crippen LogP contribution in [-0.4, -0.2) is 110 Å². The monoisotopic (exact) mass is 582 g/mol. The van der Waals surface area contributed by atoms with Crippen LogP contribution in [0.25, 0.3) is 0 Å². The van der Waals surface area contributed by atoms with Gasteiger partial charge in [0, 0.05) is 38.1 Å². The maximum absolute atomic E-state index is 12.3. The van der Waals surface area contributed by atoms with Crippen LogP contribution in [-0.2, 0) is 46.5 Å². The first-order valence-corrected chi connectivity index (χ1v) is 12.6. The summed E-state index contributed by atoms with van der Waals surface area (Å²) < 4.78 is 4.91. The molecule has 1 aliphatic heterocycles. The highest BCUT2D eigenvalue weighted by Crippen LogP contribution is 2.16. The van der Waals surface area contributed by atoms with Gasteiger partial charge >= 0.3 is 29.8 Å². The molecule has 1 amide bonds. The molecule has 1 fully saturated rings. The van der Waals surface area contributed by atoms with Crippen molar-refractivity contribution in [2.24, 2.45) is 0 Å². The quantitative estimate of drug-likeness (QED) is 0.209. The number of hydrogen-bond acceptors (Lipinski definition) is 11. The van der Waals surface area contributed by atoms with E-state index in [1.165, 1.54) is 16.9 Å². The number of hydrogen-bond donors (Lipinski definition) is 5. The zero-order valence-electron chi connectivity index (χ0n) is 21.5. The third-order valence-corrected chi connectivity index (χ3v) is 5.68. The fourth-order valence-electron chi connectivity index (χ4n) is 3.11. The molecule has 16 heteroatoms. The second kappa shape index (κ2) is 18.0. The molecule has 1 aliphatic rings. The lowest BCUT2D eigenvalue weighted by molar-refractivity contribution is -0.159. The highest BCUT2D eigenvalue weighted by Gasteiger charge is 2.19. The van der Waals surface area contributed by atoms with Gasteiger partial charge in [-0.25, -0.2) is 24.2 Å². The van der Waals surface area contributed by atoms with Gasteiger partial charge in [0.15, 0.2) is 5.13 Å². The van der Waals surface area contributed by atoms with E-state index in [9.17, 15) is 9.59 Å². The van der Waals surface area contributed by atoms with E-state index in [0.717, 1.165) is 32.7 Å². The van der Waals surface area contributed by atoms with Gasteiger partial charge in [0.2, 0.25) is 5.91 Å². The van der Waals surface area contributed by atoms with E-state index in [1.54, 1.807) is 12.3 Å². The SMILES string of the molecule is CCOC(=O)Cc1csc(NC(=O)CN2CCN(Cc3ccccc3)CC2)n1.O=C(O)C(=O)O.O=C(O)C(=O)O. The number of amides is 1. The number of aliphatic carboxylic acids is 4. The predicted octanol–water partition coefficient (Wildman–Crippen LogP) is 0.316. The van der Waals surface area contributed by atoms with Gasteiger partial charge in [-0.3, -0.25) is 19.4 Å². The van der Waals surface area contributed by atoms with Gasteiger partial charge in [-0.15, -0.1) is 11.3 Å². The predicted molar refractivity (Wildman–Crippen MR) is 140 cm³/mol. The molecule has 1 aromatic carbocycles. The van der Waals surface area contributed by atoms with Crippen LogP contribution in [0.15, 0.2) is 35.7 Å². The van der Waals surface area contributed by atoms with Gasteiger partial charge in [-0.2, -0.15) is 0 Å². The molecule has 1 saturated heterocycles. The molecule has 0 aliphatic carbocycles. The summed E-state index contributed by atoms with van der Waals surface area (Å²) in [7, 11) is 0. The summed E-state index contributed by atoms with van der Waals surface area (Å²) in [4.78, 5) is 69.0. The number of rotatable bonds is 8. The number of carboxylic acid groups (broad SMARTS) is 4. The summed E-state index contributed by atoms with van der Waals surface area (Å²) in [5.41, 5.74) is 1.93. The maximum atomic E-state index is 12.3. The number of benzene rings is 1. The molecule has 2 aromatic rings. The molecule has 2 heterocycles. The molecular formula is C24H30N4O11S. The van der Waals surface area contributed by atoms with E-state index in [0.29, 0.717) is 24.0 Å². The lowest BCUT2D eigenvalue weighted by Gasteiger charge is -2.34. The maximum Gasteiger partial charge on any atom is 0.414 e. The van der Waals surface area contributed by atoms with Crippen molar-refractivity contribution in [2.45, 2.75) is 19.9 Å². The molecule has 0 atom stereocenters. The number of nitrogens with one attached hydrogen (secondary N) is 1. The van der Waals surface area contributed by atoms with Crippen molar-refractivity contribution < 1.29 is 53.9 Å². The summed E-state index contributed by atoms with van der Waals surface area (Å²) in [5.74, 6) is -7.68. The second-order valence-electron chi connectivity index (χ2n) is 7.93. The molecular weight excluding hydrogens is 552 g/mol. The molecule has 0 bridgehead atoms. The second-order valence-corrected chi connectivity index (χ2v) is 8.79. The molecule has 0 spiro atoms. The Morgan fingerprint density at radius 1 is 0.875 bits per heavy atom. The largest absolute Gasteiger partial charge is 0.473 e. The number of thiazole rings is 1. The normalized spacial score (nSPS) is 12.9. The first-order chi connectivity index (χ1) is 18.9. The van der Waals surface area contributed by atoms with E-state index in [-0.39, 0.29) is 18.3 Å². The van der Waals surface area contributed by atoms with Gasteiger partial charge in [-0.1, -0.05) is 30.3 Å². The van der Waals surface area contributed by atoms with E-state index in [1.807, 2.05) is 6.07 Å². The van der Waals surface area contributed by atoms with E-state index >= 15 is 0 Å². The van der Waals surface area contributed by atoms with Crippen molar-refractivity contribution in [3.8, 4) is 0 Å². The molecule has 0 unspecified atom stereocenters. The smallest absolute Gasteiger partial charge is 0.414 e. The minimum absolute atomic E-state index is 0.0754. The number of aromatic nitrogens is 1. The van der Waals surface area contributed by atoms with Gasteiger partial charge in [0.1, 0.15) is 0 Å². The number of nitrogens with zero attached hydrogens (tertiary/aromatic N) is 3. The zero-order chi connectivity index (χ0) is 30.1. The average Bonchev–Trinajstić information content (AvgIpc) is 3.32. The van der Waals surface area contributed by atoms with Crippen LogP contribution in [0.5, 0.6) is 0 Å². The minimum Gasteiger partial charge on any atom is -0.473 e. The molecule has 218 valence electrons. The Morgan fingerprint density at radius 2 is 1.40 bits per heavy atom. The highest BCUT2D eigenvalue weighted by molar-refractivity contribution is 7.13. The van der Waals surface area contributed by atoms with Crippen molar-refractivity contribution in [2.75, 3.05) is 44.6 Å². The summed E-state index contributed by atoms with van der Waals surface area (Å²) in [6.07, 6.45) is 0.129. The molecule has 1 aromatic heterocycles. The summed E-state index contributed by atoms with van der Waals surface area (Å²) in [5, 5.41) is 34.7. The Hall–Kier alpha value is -4.41. The van der Waals surface area contributed by atoms with Crippen LogP contribution in [0.3, 0.4) is 0 Å². The molecule has 0 saturated carbocycles. The molecule has 40 heavy (non-hydrogen) atoms. The van der Waals surface area contributed by atoms with Crippen LogP contribution in [0.4, 0.5) is 5.13 Å². The van der Waals surface area contributed by atoms with Crippen molar-refractivity contribution in [1.82, 2.24) is 14.8 Å². The number of carboxylic acids is 4. The van der Waals surface area contributed by atoms with Gasteiger partial charge < -0.3 is 30.5 Å². The number of carbonyl (C=O) groups is 6. The number of carbonyl (C=O) groups excluding carboxylic acids is 2. The van der Waals surface area contributed by atoms with Gasteiger partial charge in [-0.05, 0) is 12.5 Å². The molecule has 0 radical (unpaired) electrons. The minimum atomic E-state index is -1.82. The fraction of sp³-hybridized carbons (Fsp3) is 0.375. The van der Waals surface area contributed by atoms with E-state index in [4.69, 9.17) is 44.3 Å². The number of anilines is 1. The number of ether oxygens (including phenoxy) is 1. The molecule has 3 rings (SSSR count). The van der Waals surface area contributed by atoms with Crippen LogP contribution in [0, 0.1) is 0 Å². The van der Waals surface area contributed by atoms with E-state index < -0.39 is 23.9 Å². The van der Waals surface area contributed by atoms with Crippen molar-refractivity contribution in [3.05, 3.63) is 47.0 Å². The lowest BCUT2D eigenvalue weighted by Crippen LogP contribution is -2.48.